The van der Waals surface area contributed by atoms with Crippen molar-refractivity contribution in [1.82, 2.24) is 0 Å². The van der Waals surface area contributed by atoms with Gasteiger partial charge in [-0.3, -0.25) is 4.79 Å². The van der Waals surface area contributed by atoms with Gasteiger partial charge in [0, 0.05) is 16.4 Å². The molecule has 0 amide bonds. The second kappa shape index (κ2) is 3.00. The van der Waals surface area contributed by atoms with E-state index in [4.69, 9.17) is 4.11 Å². The minimum Gasteiger partial charge on any atom is -0.299 e. The van der Waals surface area contributed by atoms with Crippen LogP contribution in [0.4, 0.5) is 0 Å². The molecule has 1 aliphatic rings. The molecule has 52 valence electrons. The summed E-state index contributed by atoms with van der Waals surface area (Å²) in [6, 6.07) is 0. The van der Waals surface area contributed by atoms with Gasteiger partial charge in [-0.1, -0.05) is 13.3 Å². The molecule has 1 rings (SSSR count). The van der Waals surface area contributed by atoms with E-state index in [0.717, 1.165) is 6.42 Å². The third-order valence-corrected chi connectivity index (χ3v) is 1.59. The molecule has 9 heavy (non-hydrogen) atoms. The first-order valence-corrected chi connectivity index (χ1v) is 3.47. The van der Waals surface area contributed by atoms with Crippen LogP contribution in [0.5, 0.6) is 0 Å². The van der Waals surface area contributed by atoms with E-state index in [1.54, 1.807) is 0 Å². The van der Waals surface area contributed by atoms with Gasteiger partial charge in [-0.2, -0.15) is 0 Å². The quantitative estimate of drug-likeness (QED) is 0.558. The fourth-order valence-electron chi connectivity index (χ4n) is 1.11. The second-order valence-corrected chi connectivity index (χ2v) is 2.36. The number of carbonyl (C=O) groups excluding carboxylic acids is 1. The summed E-state index contributed by atoms with van der Waals surface area (Å²) in [5.74, 6) is -1.64. The molecule has 1 nitrogen and oxygen atoms in total. The third-order valence-electron chi connectivity index (χ3n) is 1.59. The number of carbonyl (C=O) groups is 1. The monoisotopic (exact) mass is 129 g/mol. The van der Waals surface area contributed by atoms with Crippen molar-refractivity contribution in [3.63, 3.8) is 0 Å². The van der Waals surface area contributed by atoms with Crippen LogP contribution in [-0.4, -0.2) is 5.78 Å². The van der Waals surface area contributed by atoms with Gasteiger partial charge in [0.05, 0.1) is 0 Å². The summed E-state index contributed by atoms with van der Waals surface area (Å²) >= 11 is 0. The lowest BCUT2D eigenvalue weighted by Crippen LogP contribution is -2.04. The Hall–Kier alpha value is -0.330. The van der Waals surface area contributed by atoms with Crippen molar-refractivity contribution in [3.8, 4) is 0 Å². The molecule has 1 atom stereocenters. The van der Waals surface area contributed by atoms with Crippen molar-refractivity contribution in [1.29, 1.82) is 0 Å². The van der Waals surface area contributed by atoms with Gasteiger partial charge in [-0.05, 0) is 19.3 Å². The first kappa shape index (κ1) is 3.75. The van der Waals surface area contributed by atoms with Crippen LogP contribution in [0.2, 0.25) is 0 Å². The molecule has 1 saturated carbocycles. The summed E-state index contributed by atoms with van der Waals surface area (Å²) in [5.41, 5.74) is 0. The zero-order chi connectivity index (χ0) is 9.41. The standard InChI is InChI=1S/C8H14O/c1-2-4-7-5-3-6-8(7)9/h7H,2-6H2,1H3/t7-/m0/s1/i6D2,7D. The maximum Gasteiger partial charge on any atom is 0.135 e. The lowest BCUT2D eigenvalue weighted by atomic mass is 10.0. The predicted octanol–water partition coefficient (Wildman–Crippen LogP) is 2.16. The van der Waals surface area contributed by atoms with Gasteiger partial charge in [-0.25, -0.2) is 0 Å². The molecule has 0 N–H and O–H groups in total. The first-order chi connectivity index (χ1) is 5.42. The summed E-state index contributed by atoms with van der Waals surface area (Å²) in [6.07, 6.45) is 0.121. The Balaban J connectivity index is 2.78. The number of hydrogen-bond acceptors (Lipinski definition) is 1. The Morgan fingerprint density at radius 1 is 2.00 bits per heavy atom. The van der Waals surface area contributed by atoms with Crippen molar-refractivity contribution in [2.45, 2.75) is 39.0 Å². The molecule has 0 heterocycles. The van der Waals surface area contributed by atoms with Crippen LogP contribution < -0.4 is 0 Å². The van der Waals surface area contributed by atoms with Gasteiger partial charge >= 0.3 is 0 Å². The zero-order valence-electron chi connectivity index (χ0n) is 8.74. The fourth-order valence-corrected chi connectivity index (χ4v) is 1.11. The Morgan fingerprint density at radius 2 is 2.78 bits per heavy atom. The number of Topliss-reactive ketones (excluding diaryl/α,β-unsaturated/α-hetero) is 1. The summed E-state index contributed by atoms with van der Waals surface area (Å²) in [6.45, 7) is 1.91. The minimum absolute atomic E-state index is 0.218. The Morgan fingerprint density at radius 3 is 3.22 bits per heavy atom. The molecule has 0 bridgehead atoms. The van der Waals surface area contributed by atoms with Crippen LogP contribution in [0.25, 0.3) is 0 Å². The Labute approximate surface area is 60.7 Å². The maximum atomic E-state index is 11.4. The van der Waals surface area contributed by atoms with Crippen LogP contribution in [0.1, 0.15) is 43.1 Å². The smallest absolute Gasteiger partial charge is 0.135 e. The van der Waals surface area contributed by atoms with Crippen LogP contribution in [-0.2, 0) is 4.79 Å². The molecule has 1 fully saturated rings. The molecule has 0 radical (unpaired) electrons. The topological polar surface area (TPSA) is 17.1 Å². The van der Waals surface area contributed by atoms with Gasteiger partial charge in [0.25, 0.3) is 0 Å². The molecule has 0 saturated heterocycles. The lowest BCUT2D eigenvalue weighted by Gasteiger charge is -2.02. The SMILES string of the molecule is [2H]C1([2H])CC[C@]([2H])(CCC)C1=O. The van der Waals surface area contributed by atoms with E-state index in [0.29, 0.717) is 12.8 Å². The van der Waals surface area contributed by atoms with Gasteiger partial charge in [-0.15, -0.1) is 0 Å². The van der Waals surface area contributed by atoms with E-state index in [-0.39, 0.29) is 6.42 Å². The normalized spacial score (nSPS) is 45.9. The second-order valence-electron chi connectivity index (χ2n) is 2.36. The van der Waals surface area contributed by atoms with Crippen molar-refractivity contribution in [3.05, 3.63) is 0 Å². The minimum atomic E-state index is -1.74. The number of rotatable bonds is 2. The lowest BCUT2D eigenvalue weighted by molar-refractivity contribution is -0.120. The van der Waals surface area contributed by atoms with E-state index in [2.05, 4.69) is 0 Å². The Bertz CT molecular complexity index is 202. The highest BCUT2D eigenvalue weighted by Gasteiger charge is 2.22. The van der Waals surface area contributed by atoms with Gasteiger partial charge in [0.15, 0.2) is 0 Å². The average Bonchev–Trinajstić information content (AvgIpc) is 2.17. The van der Waals surface area contributed by atoms with Crippen LogP contribution in [0, 0.1) is 5.89 Å². The number of hydrogen-bond donors (Lipinski definition) is 0. The maximum absolute atomic E-state index is 11.4. The first-order valence-electron chi connectivity index (χ1n) is 4.97. The molecule has 0 aromatic rings. The zero-order valence-corrected chi connectivity index (χ0v) is 5.74. The summed E-state index contributed by atoms with van der Waals surface area (Å²) < 4.78 is 22.4. The summed E-state index contributed by atoms with van der Waals surface area (Å²) in [7, 11) is 0. The summed E-state index contributed by atoms with van der Waals surface area (Å²) in [5, 5.41) is 0. The molecule has 0 unspecified atom stereocenters. The molecule has 1 aliphatic carbocycles. The largest absolute Gasteiger partial charge is 0.299 e. The van der Waals surface area contributed by atoms with Crippen molar-refractivity contribution in [2.75, 3.05) is 0 Å². The highest BCUT2D eigenvalue weighted by atomic mass is 16.1. The summed E-state index contributed by atoms with van der Waals surface area (Å²) in [4.78, 5) is 11.4. The van der Waals surface area contributed by atoms with Crippen LogP contribution in [0.3, 0.4) is 0 Å². The average molecular weight is 129 g/mol. The van der Waals surface area contributed by atoms with Crippen LogP contribution in [0.15, 0.2) is 0 Å². The van der Waals surface area contributed by atoms with Gasteiger partial charge in [0.2, 0.25) is 0 Å². The van der Waals surface area contributed by atoms with Gasteiger partial charge < -0.3 is 0 Å². The third kappa shape index (κ3) is 1.54. The predicted molar refractivity (Wildman–Crippen MR) is 37.3 cm³/mol. The molecule has 0 spiro atoms. The highest BCUT2D eigenvalue weighted by Crippen LogP contribution is 2.24. The molecule has 0 aromatic heterocycles. The van der Waals surface area contributed by atoms with E-state index in [1.807, 2.05) is 6.92 Å². The number of ketones is 1. The van der Waals surface area contributed by atoms with Crippen LogP contribution >= 0.6 is 0 Å². The molecule has 0 aromatic carbocycles. The Kier molecular flexibility index (Phi) is 1.25. The van der Waals surface area contributed by atoms with E-state index in [9.17, 15) is 4.79 Å². The van der Waals surface area contributed by atoms with Crippen molar-refractivity contribution < 1.29 is 8.91 Å². The van der Waals surface area contributed by atoms with E-state index in [1.165, 1.54) is 0 Å². The van der Waals surface area contributed by atoms with Crippen molar-refractivity contribution >= 4 is 5.78 Å². The fraction of sp³-hybridized carbons (Fsp3) is 0.875. The molecule has 1 heteroatoms. The highest BCUT2D eigenvalue weighted by molar-refractivity contribution is 5.82. The van der Waals surface area contributed by atoms with E-state index >= 15 is 0 Å². The van der Waals surface area contributed by atoms with Gasteiger partial charge in [0.1, 0.15) is 5.78 Å². The van der Waals surface area contributed by atoms with E-state index < -0.39 is 18.1 Å². The molecule has 0 aliphatic heterocycles. The molecular formula is C8H14O. The molecular weight excluding hydrogens is 112 g/mol. The van der Waals surface area contributed by atoms with Crippen molar-refractivity contribution in [2.24, 2.45) is 5.89 Å².